The van der Waals surface area contributed by atoms with Gasteiger partial charge in [0.05, 0.1) is 22.6 Å². The molecule has 0 saturated carbocycles. The summed E-state index contributed by atoms with van der Waals surface area (Å²) in [4.78, 5) is 17.8. The number of halogens is 1. The highest BCUT2D eigenvalue weighted by Gasteiger charge is 2.18. The molecule has 0 aliphatic rings. The molecule has 2 aromatic carbocycles. The van der Waals surface area contributed by atoms with E-state index in [9.17, 15) is 0 Å². The van der Waals surface area contributed by atoms with Crippen molar-refractivity contribution < 1.29 is 0 Å². The first kappa shape index (κ1) is 18.5. The number of aromatic amines is 1. The van der Waals surface area contributed by atoms with Gasteiger partial charge in [0.2, 0.25) is 0 Å². The van der Waals surface area contributed by atoms with Crippen LogP contribution in [0.3, 0.4) is 0 Å². The van der Waals surface area contributed by atoms with Crippen LogP contribution in [0.5, 0.6) is 0 Å². The number of aromatic nitrogens is 4. The van der Waals surface area contributed by atoms with Gasteiger partial charge in [0.1, 0.15) is 5.82 Å². The normalized spacial score (nSPS) is 11.1. The molecule has 3 aromatic heterocycles. The zero-order valence-electron chi connectivity index (χ0n) is 16.4. The highest BCUT2D eigenvalue weighted by molar-refractivity contribution is 6.30. The van der Waals surface area contributed by atoms with Crippen molar-refractivity contribution in [2.45, 2.75) is 13.3 Å². The average Bonchev–Trinajstić information content (AvgIpc) is 3.17. The van der Waals surface area contributed by atoms with Crippen LogP contribution in [0.25, 0.3) is 33.5 Å². The van der Waals surface area contributed by atoms with Gasteiger partial charge in [0.15, 0.2) is 0 Å². The molecule has 0 bridgehead atoms. The number of rotatable bonds is 4. The maximum atomic E-state index is 6.17. The van der Waals surface area contributed by atoms with Crippen molar-refractivity contribution in [2.24, 2.45) is 0 Å². The second kappa shape index (κ2) is 7.73. The van der Waals surface area contributed by atoms with E-state index in [1.807, 2.05) is 73.8 Å². The van der Waals surface area contributed by atoms with E-state index in [1.165, 1.54) is 0 Å². The number of imidazole rings is 1. The first-order valence-corrected chi connectivity index (χ1v) is 10.2. The Morgan fingerprint density at radius 2 is 1.77 bits per heavy atom. The molecular weight excluding hydrogens is 392 g/mol. The number of aryl methyl sites for hydroxylation is 1. The number of pyridine rings is 2. The largest absolute Gasteiger partial charge is 0.340 e. The molecule has 5 aromatic rings. The van der Waals surface area contributed by atoms with E-state index in [4.69, 9.17) is 21.6 Å². The number of benzene rings is 2. The Morgan fingerprint density at radius 3 is 2.63 bits per heavy atom. The summed E-state index contributed by atoms with van der Waals surface area (Å²) in [5.74, 6) is 0.867. The van der Waals surface area contributed by atoms with Crippen LogP contribution in [-0.2, 0) is 6.42 Å². The fourth-order valence-corrected chi connectivity index (χ4v) is 3.92. The maximum Gasteiger partial charge on any atom is 0.111 e. The van der Waals surface area contributed by atoms with Gasteiger partial charge in [-0.3, -0.25) is 9.97 Å². The Morgan fingerprint density at radius 1 is 0.900 bits per heavy atom. The third kappa shape index (κ3) is 3.58. The third-order valence-corrected chi connectivity index (χ3v) is 5.30. The van der Waals surface area contributed by atoms with Gasteiger partial charge >= 0.3 is 0 Å². The van der Waals surface area contributed by atoms with Gasteiger partial charge in [-0.2, -0.15) is 0 Å². The summed E-state index contributed by atoms with van der Waals surface area (Å²) in [5, 5.41) is 1.79. The first-order chi connectivity index (χ1) is 14.7. The highest BCUT2D eigenvalue weighted by Crippen LogP contribution is 2.34. The van der Waals surface area contributed by atoms with Gasteiger partial charge in [-0.15, -0.1) is 0 Å². The van der Waals surface area contributed by atoms with Gasteiger partial charge in [0.25, 0.3) is 0 Å². The summed E-state index contributed by atoms with van der Waals surface area (Å²) in [6, 6.07) is 24.0. The van der Waals surface area contributed by atoms with Crippen LogP contribution in [0.2, 0.25) is 5.02 Å². The monoisotopic (exact) mass is 410 g/mol. The summed E-state index contributed by atoms with van der Waals surface area (Å²) in [6.45, 7) is 1.99. The van der Waals surface area contributed by atoms with Gasteiger partial charge in [-0.1, -0.05) is 48.0 Å². The molecule has 30 heavy (non-hydrogen) atoms. The number of H-pyrrole nitrogens is 1. The molecule has 1 N–H and O–H groups in total. The van der Waals surface area contributed by atoms with E-state index in [2.05, 4.69) is 22.1 Å². The lowest BCUT2D eigenvalue weighted by Gasteiger charge is -2.06. The summed E-state index contributed by atoms with van der Waals surface area (Å²) in [7, 11) is 0. The van der Waals surface area contributed by atoms with Gasteiger partial charge < -0.3 is 4.98 Å². The van der Waals surface area contributed by atoms with E-state index in [1.54, 1.807) is 0 Å². The molecule has 0 unspecified atom stereocenters. The minimum atomic E-state index is 0.655. The molecule has 0 atom stereocenters. The number of hydrogen-bond donors (Lipinski definition) is 1. The lowest BCUT2D eigenvalue weighted by atomic mass is 10.0. The van der Waals surface area contributed by atoms with E-state index in [0.29, 0.717) is 6.42 Å². The molecule has 0 spiro atoms. The van der Waals surface area contributed by atoms with E-state index in [0.717, 1.165) is 55.7 Å². The van der Waals surface area contributed by atoms with Crippen molar-refractivity contribution in [3.8, 4) is 22.6 Å². The second-order valence-corrected chi connectivity index (χ2v) is 7.69. The van der Waals surface area contributed by atoms with Crippen molar-refractivity contribution in [2.75, 3.05) is 0 Å². The van der Waals surface area contributed by atoms with Crippen molar-refractivity contribution in [1.82, 2.24) is 19.9 Å². The Balaban J connectivity index is 1.69. The molecule has 3 heterocycles. The van der Waals surface area contributed by atoms with Crippen molar-refractivity contribution in [3.05, 3.63) is 101 Å². The maximum absolute atomic E-state index is 6.17. The Bertz CT molecular complexity index is 1350. The first-order valence-electron chi connectivity index (χ1n) is 9.79. The molecule has 0 radical (unpaired) electrons. The second-order valence-electron chi connectivity index (χ2n) is 7.25. The minimum Gasteiger partial charge on any atom is -0.340 e. The average molecular weight is 411 g/mol. The highest BCUT2D eigenvalue weighted by atomic mass is 35.5. The molecule has 0 aliphatic carbocycles. The fourth-order valence-electron chi connectivity index (χ4n) is 3.71. The number of nitrogens with one attached hydrogen (secondary N) is 1. The Hall–Kier alpha value is -3.50. The van der Waals surface area contributed by atoms with Crippen molar-refractivity contribution in [1.29, 1.82) is 0 Å². The molecular formula is C25H19ClN4. The summed E-state index contributed by atoms with van der Waals surface area (Å²) in [6.07, 6.45) is 2.48. The SMILES string of the molecule is Cc1cccc(-c2[nH]c(Cc3cccc(Cl)c3)nc2-c2ccnc3ccccc23)n1. The Labute approximate surface area is 179 Å². The zero-order chi connectivity index (χ0) is 20.5. The molecule has 0 aliphatic heterocycles. The zero-order valence-corrected chi connectivity index (χ0v) is 17.2. The van der Waals surface area contributed by atoms with Crippen LogP contribution in [0.4, 0.5) is 0 Å². The molecule has 5 heteroatoms. The fraction of sp³-hybridized carbons (Fsp3) is 0.0800. The molecule has 0 saturated heterocycles. The predicted molar refractivity (Wildman–Crippen MR) is 122 cm³/mol. The molecule has 5 rings (SSSR count). The Kier molecular flexibility index (Phi) is 4.77. The molecule has 0 fully saturated rings. The van der Waals surface area contributed by atoms with Crippen LogP contribution in [0, 0.1) is 6.92 Å². The van der Waals surface area contributed by atoms with E-state index < -0.39 is 0 Å². The third-order valence-electron chi connectivity index (χ3n) is 5.06. The van der Waals surface area contributed by atoms with Crippen molar-refractivity contribution >= 4 is 22.5 Å². The standard InChI is InChI=1S/C25H19ClN4/c1-16-6-4-11-22(28-16)25-24(20-12-13-27-21-10-3-2-9-19(20)21)29-23(30-25)15-17-7-5-8-18(26)14-17/h2-14H,15H2,1H3,(H,29,30). The summed E-state index contributed by atoms with van der Waals surface area (Å²) >= 11 is 6.17. The van der Waals surface area contributed by atoms with Crippen LogP contribution in [0.1, 0.15) is 17.1 Å². The van der Waals surface area contributed by atoms with Crippen LogP contribution in [0.15, 0.2) is 79.0 Å². The van der Waals surface area contributed by atoms with Gasteiger partial charge in [-0.25, -0.2) is 4.98 Å². The summed E-state index contributed by atoms with van der Waals surface area (Å²) < 4.78 is 0. The smallest absolute Gasteiger partial charge is 0.111 e. The predicted octanol–water partition coefficient (Wildman–Crippen LogP) is 6.24. The lowest BCUT2D eigenvalue weighted by Crippen LogP contribution is -1.91. The molecule has 4 nitrogen and oxygen atoms in total. The molecule has 146 valence electrons. The topological polar surface area (TPSA) is 54.5 Å². The van der Waals surface area contributed by atoms with Crippen LogP contribution in [-0.4, -0.2) is 19.9 Å². The lowest BCUT2D eigenvalue weighted by molar-refractivity contribution is 1.03. The van der Waals surface area contributed by atoms with Crippen molar-refractivity contribution in [3.63, 3.8) is 0 Å². The summed E-state index contributed by atoms with van der Waals surface area (Å²) in [5.41, 5.74) is 6.70. The number of hydrogen-bond acceptors (Lipinski definition) is 3. The number of fused-ring (bicyclic) bond motifs is 1. The van der Waals surface area contributed by atoms with E-state index >= 15 is 0 Å². The van der Waals surface area contributed by atoms with E-state index in [-0.39, 0.29) is 0 Å². The molecule has 0 amide bonds. The quantitative estimate of drug-likeness (QED) is 0.381. The van der Waals surface area contributed by atoms with Crippen LogP contribution >= 0.6 is 11.6 Å². The number of para-hydroxylation sites is 1. The number of nitrogens with zero attached hydrogens (tertiary/aromatic N) is 3. The minimum absolute atomic E-state index is 0.655. The van der Waals surface area contributed by atoms with Gasteiger partial charge in [0, 0.05) is 34.3 Å². The van der Waals surface area contributed by atoms with Gasteiger partial charge in [-0.05, 0) is 48.9 Å². The van der Waals surface area contributed by atoms with Crippen LogP contribution < -0.4 is 0 Å².